The van der Waals surface area contributed by atoms with E-state index in [1.54, 1.807) is 11.2 Å². The molecule has 2 aliphatic rings. The van der Waals surface area contributed by atoms with Gasteiger partial charge < -0.3 is 24.7 Å². The molecule has 3 amide bonds. The van der Waals surface area contributed by atoms with Crippen molar-refractivity contribution in [3.63, 3.8) is 0 Å². The molecule has 2 aromatic carbocycles. The number of carbonyl (C=O) groups excluding carboxylic acids is 3. The molecule has 0 spiro atoms. The highest BCUT2D eigenvalue weighted by molar-refractivity contribution is 5.97. The Kier molecular flexibility index (Phi) is 7.10. The highest BCUT2D eigenvalue weighted by Gasteiger charge is 2.38. The zero-order valence-corrected chi connectivity index (χ0v) is 21.9. The molecule has 9 heteroatoms. The van der Waals surface area contributed by atoms with E-state index < -0.39 is 11.7 Å². The van der Waals surface area contributed by atoms with Gasteiger partial charge in [0.1, 0.15) is 23.8 Å². The number of fused-ring (bicyclic) bond motifs is 4. The molecule has 2 atom stereocenters. The number of amides is 3. The van der Waals surface area contributed by atoms with Crippen LogP contribution in [-0.4, -0.2) is 54.4 Å². The minimum atomic E-state index is -0.553. The molecule has 0 radical (unpaired) electrons. The maximum Gasteiger partial charge on any atom is 0.255 e. The number of carbonyl (C=O) groups is 3. The largest absolute Gasteiger partial charge is 0.491 e. The fraction of sp³-hybridized carbons (Fsp3) is 0.414. The summed E-state index contributed by atoms with van der Waals surface area (Å²) in [5, 5.41) is 6.63. The van der Waals surface area contributed by atoms with E-state index in [0.717, 1.165) is 39.3 Å². The predicted molar refractivity (Wildman–Crippen MR) is 140 cm³/mol. The van der Waals surface area contributed by atoms with Crippen molar-refractivity contribution in [1.82, 2.24) is 15.5 Å². The van der Waals surface area contributed by atoms with Gasteiger partial charge in [-0.05, 0) is 68.5 Å². The van der Waals surface area contributed by atoms with E-state index in [4.69, 9.17) is 9.15 Å². The van der Waals surface area contributed by atoms with Gasteiger partial charge in [0.2, 0.25) is 11.8 Å². The number of hydrogen-bond donors (Lipinski definition) is 2. The molecule has 2 aliphatic heterocycles. The number of furan rings is 1. The van der Waals surface area contributed by atoms with E-state index in [1.165, 1.54) is 12.1 Å². The zero-order valence-electron chi connectivity index (χ0n) is 21.9. The van der Waals surface area contributed by atoms with Crippen LogP contribution in [-0.2, 0) is 16.0 Å². The molecule has 200 valence electrons. The Bertz CT molecular complexity index is 1410. The molecular weight excluding hydrogens is 489 g/mol. The molecule has 2 N–H and O–H groups in total. The number of hydrogen-bond acceptors (Lipinski definition) is 5. The number of nitrogens with zero attached hydrogens (tertiary/aromatic N) is 1. The predicted octanol–water partition coefficient (Wildman–Crippen LogP) is 3.73. The van der Waals surface area contributed by atoms with Crippen molar-refractivity contribution in [3.8, 4) is 5.75 Å². The Morgan fingerprint density at radius 3 is 2.68 bits per heavy atom. The molecular formula is C29H32FN3O5. The first-order valence-corrected chi connectivity index (χ1v) is 13.0. The van der Waals surface area contributed by atoms with Gasteiger partial charge >= 0.3 is 0 Å². The van der Waals surface area contributed by atoms with Crippen molar-refractivity contribution in [2.45, 2.75) is 58.5 Å². The molecule has 5 rings (SSSR count). The lowest BCUT2D eigenvalue weighted by Gasteiger charge is -2.31. The summed E-state index contributed by atoms with van der Waals surface area (Å²) in [6.45, 7) is 6.58. The lowest BCUT2D eigenvalue weighted by molar-refractivity contribution is -0.134. The first-order valence-electron chi connectivity index (χ1n) is 13.0. The molecule has 0 aliphatic carbocycles. The van der Waals surface area contributed by atoms with Crippen LogP contribution in [0, 0.1) is 26.6 Å². The number of halogens is 1. The third-order valence-electron chi connectivity index (χ3n) is 7.66. The fourth-order valence-electron chi connectivity index (χ4n) is 5.69. The number of nitrogens with one attached hydrogen (secondary N) is 2. The van der Waals surface area contributed by atoms with Crippen molar-refractivity contribution in [2.75, 3.05) is 19.7 Å². The summed E-state index contributed by atoms with van der Waals surface area (Å²) >= 11 is 0. The second-order valence-electron chi connectivity index (χ2n) is 10.2. The third kappa shape index (κ3) is 4.97. The van der Waals surface area contributed by atoms with Gasteiger partial charge in [-0.2, -0.15) is 0 Å². The Balaban J connectivity index is 1.42. The topological polar surface area (TPSA) is 101 Å². The third-order valence-corrected chi connectivity index (χ3v) is 7.66. The van der Waals surface area contributed by atoms with E-state index >= 15 is 0 Å². The van der Waals surface area contributed by atoms with Gasteiger partial charge in [-0.25, -0.2) is 4.39 Å². The Labute approximate surface area is 220 Å². The van der Waals surface area contributed by atoms with Crippen molar-refractivity contribution in [1.29, 1.82) is 0 Å². The smallest absolute Gasteiger partial charge is 0.255 e. The van der Waals surface area contributed by atoms with Crippen LogP contribution >= 0.6 is 0 Å². The average Bonchev–Trinajstić information content (AvgIpc) is 3.48. The second-order valence-corrected chi connectivity index (χ2v) is 10.2. The molecule has 3 heterocycles. The highest BCUT2D eigenvalue weighted by atomic mass is 19.1. The maximum absolute atomic E-state index is 13.9. The molecule has 3 aromatic rings. The van der Waals surface area contributed by atoms with Gasteiger partial charge in [0.15, 0.2) is 0 Å². The van der Waals surface area contributed by atoms with Crippen molar-refractivity contribution >= 4 is 28.7 Å². The van der Waals surface area contributed by atoms with Crippen LogP contribution in [0.5, 0.6) is 5.75 Å². The molecule has 0 unspecified atom stereocenters. The molecule has 1 aromatic heterocycles. The molecule has 2 bridgehead atoms. The quantitative estimate of drug-likeness (QED) is 0.535. The van der Waals surface area contributed by atoms with E-state index in [-0.39, 0.29) is 67.7 Å². The van der Waals surface area contributed by atoms with Crippen LogP contribution in [0.2, 0.25) is 0 Å². The zero-order chi connectivity index (χ0) is 27.0. The monoisotopic (exact) mass is 521 g/mol. The summed E-state index contributed by atoms with van der Waals surface area (Å²) in [6.07, 6.45) is 3.22. The fourth-order valence-corrected chi connectivity index (χ4v) is 5.69. The molecule has 38 heavy (non-hydrogen) atoms. The lowest BCUT2D eigenvalue weighted by atomic mass is 9.98. The van der Waals surface area contributed by atoms with Crippen LogP contribution in [0.3, 0.4) is 0 Å². The Morgan fingerprint density at radius 1 is 1.08 bits per heavy atom. The minimum Gasteiger partial charge on any atom is -0.491 e. The van der Waals surface area contributed by atoms with Crippen molar-refractivity contribution < 1.29 is 27.9 Å². The van der Waals surface area contributed by atoms with Gasteiger partial charge in [-0.3, -0.25) is 14.4 Å². The van der Waals surface area contributed by atoms with Crippen LogP contribution in [0.4, 0.5) is 4.39 Å². The second kappa shape index (κ2) is 10.5. The summed E-state index contributed by atoms with van der Waals surface area (Å²) in [5.74, 6) is -1.09. The maximum atomic E-state index is 13.9. The van der Waals surface area contributed by atoms with Crippen LogP contribution in [0.1, 0.15) is 51.9 Å². The van der Waals surface area contributed by atoms with E-state index in [0.29, 0.717) is 12.8 Å². The van der Waals surface area contributed by atoms with Gasteiger partial charge in [0.05, 0.1) is 24.8 Å². The number of rotatable bonds is 2. The van der Waals surface area contributed by atoms with Crippen molar-refractivity contribution in [3.05, 3.63) is 64.2 Å². The molecule has 0 saturated carbocycles. The number of benzene rings is 2. The molecule has 1 saturated heterocycles. The van der Waals surface area contributed by atoms with Gasteiger partial charge in [0, 0.05) is 36.0 Å². The summed E-state index contributed by atoms with van der Waals surface area (Å²) in [6, 6.07) is 5.26. The number of ether oxygens (including phenoxy) is 1. The summed E-state index contributed by atoms with van der Waals surface area (Å²) in [7, 11) is 0. The van der Waals surface area contributed by atoms with E-state index in [2.05, 4.69) is 16.7 Å². The average molecular weight is 522 g/mol. The summed E-state index contributed by atoms with van der Waals surface area (Å²) in [5.41, 5.74) is 4.88. The van der Waals surface area contributed by atoms with Gasteiger partial charge in [-0.1, -0.05) is 6.07 Å². The Morgan fingerprint density at radius 2 is 1.87 bits per heavy atom. The van der Waals surface area contributed by atoms with E-state index in [9.17, 15) is 18.8 Å². The highest BCUT2D eigenvalue weighted by Crippen LogP contribution is 2.32. The SMILES string of the molecule is Cc1cc(C)c2c(CC(=O)N3[C@@H]4CC[C@H]3CC(=O)NCCOc3ccc(F)cc3C(=O)NC4)coc2c1C. The van der Waals surface area contributed by atoms with Crippen LogP contribution in [0.25, 0.3) is 11.0 Å². The van der Waals surface area contributed by atoms with Gasteiger partial charge in [0.25, 0.3) is 5.91 Å². The summed E-state index contributed by atoms with van der Waals surface area (Å²) < 4.78 is 25.4. The van der Waals surface area contributed by atoms with E-state index in [1.807, 2.05) is 20.8 Å². The normalized spacial score (nSPS) is 20.4. The van der Waals surface area contributed by atoms with Gasteiger partial charge in [-0.15, -0.1) is 0 Å². The minimum absolute atomic E-state index is 0.0758. The van der Waals surface area contributed by atoms with Crippen LogP contribution < -0.4 is 15.4 Å². The summed E-state index contributed by atoms with van der Waals surface area (Å²) in [4.78, 5) is 41.2. The van der Waals surface area contributed by atoms with Crippen molar-refractivity contribution in [2.24, 2.45) is 0 Å². The first kappa shape index (κ1) is 25.8. The lowest BCUT2D eigenvalue weighted by Crippen LogP contribution is -2.48. The number of aryl methyl sites for hydroxylation is 3. The molecule has 8 nitrogen and oxygen atoms in total. The molecule has 1 fully saturated rings. The first-order chi connectivity index (χ1) is 18.2. The standard InChI is InChI=1S/C29H32FN3O5/c1-16-10-17(2)27-19(15-38-28(27)18(16)3)11-26(35)33-21-5-6-22(33)14-32-29(36)23-12-20(30)4-7-24(23)37-9-8-31-25(34)13-21/h4,7,10,12,15,21-22H,5-6,8-9,11,13-14H2,1-3H3,(H,31,34)(H,32,36)/t21-,22+/m0/s1. The van der Waals surface area contributed by atoms with Crippen LogP contribution in [0.15, 0.2) is 34.9 Å². The Hall–Kier alpha value is -3.88.